The number of carbonyl (C=O) groups excluding carboxylic acids is 1. The summed E-state index contributed by atoms with van der Waals surface area (Å²) in [6.07, 6.45) is 1.07. The van der Waals surface area contributed by atoms with Crippen molar-refractivity contribution >= 4 is 42.0 Å². The van der Waals surface area contributed by atoms with Gasteiger partial charge in [0, 0.05) is 34.3 Å². The molecule has 6 aromatic rings. The van der Waals surface area contributed by atoms with Crippen LogP contribution in [0.3, 0.4) is 0 Å². The summed E-state index contributed by atoms with van der Waals surface area (Å²) in [5.41, 5.74) is 9.78. The molecule has 5 nitrogen and oxygen atoms in total. The molecule has 0 aromatic heterocycles. The number of carboxylic acid groups (broad SMARTS) is 1. The van der Waals surface area contributed by atoms with Crippen LogP contribution in [0, 0.1) is 0 Å². The van der Waals surface area contributed by atoms with Crippen molar-refractivity contribution in [3.63, 3.8) is 0 Å². The lowest BCUT2D eigenvalue weighted by Crippen LogP contribution is -2.14. The average molecular weight is 748 g/mol. The van der Waals surface area contributed by atoms with Crippen molar-refractivity contribution in [2.24, 2.45) is 0 Å². The number of hydrogen-bond donors (Lipinski definition) is 1. The molecule has 0 aliphatic heterocycles. The van der Waals surface area contributed by atoms with Crippen molar-refractivity contribution in [2.75, 3.05) is 4.90 Å². The molecule has 282 valence electrons. The van der Waals surface area contributed by atoms with E-state index in [2.05, 4.69) is 107 Å². The van der Waals surface area contributed by atoms with Gasteiger partial charge in [-0.2, -0.15) is 0 Å². The van der Waals surface area contributed by atoms with Crippen LogP contribution in [0.15, 0.2) is 152 Å². The van der Waals surface area contributed by atoms with E-state index in [1.807, 2.05) is 24.3 Å². The van der Waals surface area contributed by atoms with E-state index in [0.717, 1.165) is 45.4 Å². The van der Waals surface area contributed by atoms with Crippen LogP contribution in [0.1, 0.15) is 78.9 Å². The molecule has 6 aromatic carbocycles. The van der Waals surface area contributed by atoms with Gasteiger partial charge in [0.25, 0.3) is 0 Å². The van der Waals surface area contributed by atoms with Crippen molar-refractivity contribution in [1.29, 1.82) is 0 Å². The number of carbonyl (C=O) groups is 2. The van der Waals surface area contributed by atoms with Gasteiger partial charge in [-0.25, -0.2) is 13.4 Å². The highest BCUT2D eigenvalue weighted by atomic mass is 19.2. The highest BCUT2D eigenvalue weighted by molar-refractivity contribution is 6.36. The third-order valence-corrected chi connectivity index (χ3v) is 9.72. The van der Waals surface area contributed by atoms with E-state index in [1.54, 1.807) is 48.5 Å². The van der Waals surface area contributed by atoms with E-state index in [9.17, 15) is 18.2 Å². The van der Waals surface area contributed by atoms with E-state index in [1.165, 1.54) is 23.3 Å². The Hall–Kier alpha value is -6.28. The Kier molecular flexibility index (Phi) is 11.4. The molecule has 8 heteroatoms. The van der Waals surface area contributed by atoms with Gasteiger partial charge < -0.3 is 14.7 Å². The topological polar surface area (TPSA) is 66.8 Å². The number of benzene rings is 6. The maximum Gasteiger partial charge on any atom is 0.796 e. The number of nitrogens with zero attached hydrogens (tertiary/aromatic N) is 1. The molecular weight excluding hydrogens is 703 g/mol. The molecule has 0 heterocycles. The lowest BCUT2D eigenvalue weighted by Gasteiger charge is -2.28. The van der Waals surface area contributed by atoms with E-state index < -0.39 is 19.2 Å². The van der Waals surface area contributed by atoms with Gasteiger partial charge in [0.05, 0.1) is 5.56 Å². The molecule has 0 radical (unpaired) electrons. The molecule has 6 rings (SSSR count). The molecule has 1 N–H and O–H groups in total. The quantitative estimate of drug-likeness (QED) is 0.0619. The zero-order valence-corrected chi connectivity index (χ0v) is 32.4. The first-order chi connectivity index (χ1) is 26.6. The largest absolute Gasteiger partial charge is 0.796 e. The van der Waals surface area contributed by atoms with Crippen LogP contribution in [-0.4, -0.2) is 24.3 Å². The van der Waals surface area contributed by atoms with Crippen LogP contribution in [-0.2, 0) is 15.5 Å². The van der Waals surface area contributed by atoms with Gasteiger partial charge in [-0.15, -0.1) is 0 Å². The first kappa shape index (κ1) is 39.4. The average Bonchev–Trinajstić information content (AvgIpc) is 3.18. The smallest absolute Gasteiger partial charge is 0.505 e. The van der Waals surface area contributed by atoms with Crippen molar-refractivity contribution in [3.8, 4) is 22.3 Å². The first-order valence-corrected chi connectivity index (χ1v) is 18.4. The predicted octanol–water partition coefficient (Wildman–Crippen LogP) is 12.9. The van der Waals surface area contributed by atoms with Crippen molar-refractivity contribution in [2.45, 2.75) is 52.4 Å². The SMILES string of the molecule is CC(C)(C)c1ccc(N(c2ccc(-c3ccc(C(=O)/C=C(\OB(F)F)c4ccc(-c5ccc(C(=O)O)cc5)cc4)cc3)cc2)c2ccc(C(C)(C)C)cc2)cc1. The van der Waals surface area contributed by atoms with Gasteiger partial charge in [0.1, 0.15) is 5.76 Å². The molecular formula is C48H44BF2NO4. The molecule has 0 saturated carbocycles. The summed E-state index contributed by atoms with van der Waals surface area (Å²) in [5.74, 6) is -1.78. The summed E-state index contributed by atoms with van der Waals surface area (Å²) in [7, 11) is -3.13. The van der Waals surface area contributed by atoms with Crippen LogP contribution in [0.5, 0.6) is 0 Å². The minimum absolute atomic E-state index is 0.0339. The first-order valence-electron chi connectivity index (χ1n) is 18.4. The summed E-state index contributed by atoms with van der Waals surface area (Å²) in [6, 6.07) is 45.5. The summed E-state index contributed by atoms with van der Waals surface area (Å²) < 4.78 is 31.7. The van der Waals surface area contributed by atoms with Gasteiger partial charge >= 0.3 is 13.4 Å². The van der Waals surface area contributed by atoms with Gasteiger partial charge in [0.2, 0.25) is 0 Å². The summed E-state index contributed by atoms with van der Waals surface area (Å²) in [6.45, 7) is 13.2. The van der Waals surface area contributed by atoms with E-state index in [4.69, 9.17) is 9.76 Å². The second kappa shape index (κ2) is 16.2. The zero-order valence-electron chi connectivity index (χ0n) is 32.4. The Labute approximate surface area is 328 Å². The Bertz CT molecular complexity index is 2260. The fourth-order valence-corrected chi connectivity index (χ4v) is 6.41. The van der Waals surface area contributed by atoms with Gasteiger partial charge in [-0.3, -0.25) is 4.79 Å². The lowest BCUT2D eigenvalue weighted by atomic mass is 9.86. The number of halogens is 2. The molecule has 0 fully saturated rings. The fraction of sp³-hybridized carbons (Fsp3) is 0.167. The van der Waals surface area contributed by atoms with Crippen molar-refractivity contribution in [1.82, 2.24) is 0 Å². The standard InChI is InChI=1S/C48H44BF2NO4/c1-47(2,3)39-21-27-42(28-22-39)52(43-29-23-40(24-30-43)48(4,5)6)41-25-19-35(20-26-41)32-7-13-36(14-8-32)44(53)31-45(56-49(50)51)37-15-9-33(10-16-37)34-11-17-38(18-12-34)46(54)55/h7-31H,1-6H3,(H,54,55)/b45-31-. The second-order valence-electron chi connectivity index (χ2n) is 15.8. The van der Waals surface area contributed by atoms with Crippen molar-refractivity contribution in [3.05, 3.63) is 179 Å². The Morgan fingerprint density at radius 3 is 1.18 bits per heavy atom. The van der Waals surface area contributed by atoms with E-state index >= 15 is 0 Å². The number of allylic oxidation sites excluding steroid dienone is 1. The molecule has 0 aliphatic carbocycles. The molecule has 0 amide bonds. The number of rotatable bonds is 11. The van der Waals surface area contributed by atoms with Gasteiger partial charge in [-0.05, 0) is 92.7 Å². The predicted molar refractivity (Wildman–Crippen MR) is 224 cm³/mol. The molecule has 0 aliphatic rings. The maximum absolute atomic E-state index is 13.5. The summed E-state index contributed by atoms with van der Waals surface area (Å²) in [5, 5.41) is 9.16. The number of carboxylic acids is 1. The maximum atomic E-state index is 13.5. The second-order valence-corrected chi connectivity index (χ2v) is 15.8. The molecule has 0 spiro atoms. The highest BCUT2D eigenvalue weighted by Crippen LogP contribution is 2.38. The van der Waals surface area contributed by atoms with Gasteiger partial charge in [0.15, 0.2) is 5.78 Å². The Morgan fingerprint density at radius 1 is 0.518 bits per heavy atom. The van der Waals surface area contributed by atoms with Crippen LogP contribution in [0.2, 0.25) is 0 Å². The Balaban J connectivity index is 1.23. The van der Waals surface area contributed by atoms with Crippen molar-refractivity contribution < 1.29 is 28.0 Å². The highest BCUT2D eigenvalue weighted by Gasteiger charge is 2.22. The molecule has 0 bridgehead atoms. The van der Waals surface area contributed by atoms with Crippen LogP contribution < -0.4 is 4.90 Å². The third kappa shape index (κ3) is 9.32. The molecule has 0 atom stereocenters. The van der Waals surface area contributed by atoms with Crippen LogP contribution in [0.4, 0.5) is 25.7 Å². The van der Waals surface area contributed by atoms with Gasteiger partial charge in [-0.1, -0.05) is 139 Å². The zero-order chi connectivity index (χ0) is 40.2. The number of anilines is 3. The monoisotopic (exact) mass is 747 g/mol. The third-order valence-electron chi connectivity index (χ3n) is 9.72. The summed E-state index contributed by atoms with van der Waals surface area (Å²) in [4.78, 5) is 26.7. The fourth-order valence-electron chi connectivity index (χ4n) is 6.41. The van der Waals surface area contributed by atoms with E-state index in [-0.39, 0.29) is 22.2 Å². The van der Waals surface area contributed by atoms with Crippen LogP contribution >= 0.6 is 0 Å². The normalized spacial score (nSPS) is 11.9. The Morgan fingerprint density at radius 2 is 0.839 bits per heavy atom. The lowest BCUT2D eigenvalue weighted by molar-refractivity contribution is 0.0696. The number of ketones is 1. The number of aromatic carboxylic acids is 1. The molecule has 56 heavy (non-hydrogen) atoms. The molecule has 0 saturated heterocycles. The minimum atomic E-state index is -3.13. The molecule has 0 unspecified atom stereocenters. The minimum Gasteiger partial charge on any atom is -0.505 e. The number of hydrogen-bond acceptors (Lipinski definition) is 4. The summed E-state index contributed by atoms with van der Waals surface area (Å²) >= 11 is 0. The van der Waals surface area contributed by atoms with Crippen LogP contribution in [0.25, 0.3) is 28.0 Å². The van der Waals surface area contributed by atoms with E-state index in [0.29, 0.717) is 11.1 Å².